The van der Waals surface area contributed by atoms with Crippen LogP contribution in [-0.2, 0) is 4.79 Å². The second kappa shape index (κ2) is 5.19. The molecule has 0 aromatic rings. The first-order chi connectivity index (χ1) is 6.25. The molecule has 4 heteroatoms. The van der Waals surface area contributed by atoms with E-state index in [1.54, 1.807) is 0 Å². The van der Waals surface area contributed by atoms with E-state index in [-0.39, 0.29) is 12.6 Å². The van der Waals surface area contributed by atoms with Crippen LogP contribution >= 0.6 is 0 Å². The van der Waals surface area contributed by atoms with Gasteiger partial charge in [0.15, 0.2) is 0 Å². The van der Waals surface area contributed by atoms with E-state index < -0.39 is 5.97 Å². The van der Waals surface area contributed by atoms with Crippen LogP contribution in [0.4, 0.5) is 0 Å². The smallest absolute Gasteiger partial charge is 0.320 e. The molecule has 1 aliphatic heterocycles. The maximum Gasteiger partial charge on any atom is 0.320 e. The maximum absolute atomic E-state index is 10.8. The fourth-order valence-corrected chi connectivity index (χ4v) is 1.80. The lowest BCUT2D eigenvalue weighted by Gasteiger charge is -2.20. The van der Waals surface area contributed by atoms with Crippen LogP contribution < -0.4 is 0 Å². The molecule has 1 unspecified atom stereocenters. The lowest BCUT2D eigenvalue weighted by Crippen LogP contribution is -2.36. The van der Waals surface area contributed by atoms with E-state index in [4.69, 9.17) is 10.2 Å². The number of likely N-dealkylation sites (tertiary alicyclic amines) is 1. The Balaban J connectivity index is 2.27. The number of aliphatic hydroxyl groups is 1. The van der Waals surface area contributed by atoms with E-state index in [1.807, 2.05) is 4.90 Å². The summed E-state index contributed by atoms with van der Waals surface area (Å²) in [7, 11) is 0. The van der Waals surface area contributed by atoms with Crippen molar-refractivity contribution in [3.8, 4) is 0 Å². The van der Waals surface area contributed by atoms with Crippen LogP contribution in [0.15, 0.2) is 0 Å². The van der Waals surface area contributed by atoms with Gasteiger partial charge in [0.05, 0.1) is 0 Å². The molecular weight excluding hydrogens is 170 g/mol. The van der Waals surface area contributed by atoms with E-state index in [0.717, 1.165) is 38.8 Å². The first kappa shape index (κ1) is 10.5. The summed E-state index contributed by atoms with van der Waals surface area (Å²) in [5.74, 6) is -0.707. The Morgan fingerprint density at radius 3 is 2.85 bits per heavy atom. The van der Waals surface area contributed by atoms with Gasteiger partial charge in [0.1, 0.15) is 6.04 Å². The van der Waals surface area contributed by atoms with Gasteiger partial charge in [-0.25, -0.2) is 0 Å². The number of carboxylic acids is 1. The van der Waals surface area contributed by atoms with Gasteiger partial charge in [-0.3, -0.25) is 9.69 Å². The molecule has 76 valence electrons. The van der Waals surface area contributed by atoms with Crippen LogP contribution in [0.2, 0.25) is 0 Å². The van der Waals surface area contributed by atoms with Gasteiger partial charge in [-0.15, -0.1) is 0 Å². The number of aliphatic carboxylic acids is 1. The van der Waals surface area contributed by atoms with Crippen molar-refractivity contribution in [2.45, 2.75) is 31.7 Å². The molecule has 4 nitrogen and oxygen atoms in total. The molecule has 0 aliphatic carbocycles. The lowest BCUT2D eigenvalue weighted by molar-refractivity contribution is -0.142. The summed E-state index contributed by atoms with van der Waals surface area (Å²) in [5.41, 5.74) is 0. The largest absolute Gasteiger partial charge is 0.480 e. The van der Waals surface area contributed by atoms with Crippen LogP contribution in [0, 0.1) is 0 Å². The van der Waals surface area contributed by atoms with Crippen LogP contribution in [0.25, 0.3) is 0 Å². The number of nitrogens with zero attached hydrogens (tertiary/aromatic N) is 1. The summed E-state index contributed by atoms with van der Waals surface area (Å²) < 4.78 is 0. The Kier molecular flexibility index (Phi) is 4.18. The number of carboxylic acid groups (broad SMARTS) is 1. The minimum absolute atomic E-state index is 0.200. The summed E-state index contributed by atoms with van der Waals surface area (Å²) in [6.45, 7) is 1.89. The second-order valence-electron chi connectivity index (χ2n) is 3.46. The molecule has 1 fully saturated rings. The van der Waals surface area contributed by atoms with Crippen LogP contribution in [0.1, 0.15) is 25.7 Å². The molecule has 0 aromatic heterocycles. The highest BCUT2D eigenvalue weighted by molar-refractivity contribution is 5.73. The highest BCUT2D eigenvalue weighted by atomic mass is 16.4. The normalized spacial score (nSPS) is 23.6. The summed E-state index contributed by atoms with van der Waals surface area (Å²) in [5, 5.41) is 17.4. The second-order valence-corrected chi connectivity index (χ2v) is 3.46. The van der Waals surface area contributed by atoms with Crippen molar-refractivity contribution < 1.29 is 15.0 Å². The monoisotopic (exact) mass is 187 g/mol. The third-order valence-corrected chi connectivity index (χ3v) is 2.50. The van der Waals surface area contributed by atoms with Crippen molar-refractivity contribution in [3.05, 3.63) is 0 Å². The molecule has 1 heterocycles. The van der Waals surface area contributed by atoms with Gasteiger partial charge in [0, 0.05) is 6.61 Å². The Labute approximate surface area is 78.2 Å². The van der Waals surface area contributed by atoms with Crippen LogP contribution in [0.5, 0.6) is 0 Å². The van der Waals surface area contributed by atoms with E-state index >= 15 is 0 Å². The SMILES string of the molecule is O=C(O)C1CCCN1CCCCO. The predicted octanol–water partition coefficient (Wildman–Crippen LogP) is 0.308. The van der Waals surface area contributed by atoms with Crippen molar-refractivity contribution in [1.29, 1.82) is 0 Å². The molecule has 0 amide bonds. The predicted molar refractivity (Wildman–Crippen MR) is 48.6 cm³/mol. The van der Waals surface area contributed by atoms with Gasteiger partial charge in [-0.05, 0) is 38.8 Å². The van der Waals surface area contributed by atoms with Crippen molar-refractivity contribution in [2.75, 3.05) is 19.7 Å². The van der Waals surface area contributed by atoms with E-state index in [2.05, 4.69) is 0 Å². The molecule has 2 N–H and O–H groups in total. The molecule has 1 rings (SSSR count). The average molecular weight is 187 g/mol. The molecule has 1 aliphatic rings. The van der Waals surface area contributed by atoms with Gasteiger partial charge in [-0.1, -0.05) is 0 Å². The van der Waals surface area contributed by atoms with Crippen LogP contribution in [0.3, 0.4) is 0 Å². The van der Waals surface area contributed by atoms with Gasteiger partial charge in [-0.2, -0.15) is 0 Å². The quantitative estimate of drug-likeness (QED) is 0.608. The Bertz CT molecular complexity index is 172. The first-order valence-corrected chi connectivity index (χ1v) is 4.83. The van der Waals surface area contributed by atoms with E-state index in [9.17, 15) is 4.79 Å². The maximum atomic E-state index is 10.8. The number of carbonyl (C=O) groups is 1. The van der Waals surface area contributed by atoms with E-state index in [1.165, 1.54) is 0 Å². The standard InChI is InChI=1S/C9H17NO3/c11-7-2-1-5-10-6-3-4-8(10)9(12)13/h8,11H,1-7H2,(H,12,13). The molecule has 0 radical (unpaired) electrons. The average Bonchev–Trinajstić information content (AvgIpc) is 2.53. The zero-order valence-electron chi connectivity index (χ0n) is 7.78. The van der Waals surface area contributed by atoms with Gasteiger partial charge < -0.3 is 10.2 Å². The highest BCUT2D eigenvalue weighted by Crippen LogP contribution is 2.17. The van der Waals surface area contributed by atoms with Crippen molar-refractivity contribution in [2.24, 2.45) is 0 Å². The Morgan fingerprint density at radius 2 is 2.23 bits per heavy atom. The minimum atomic E-state index is -0.707. The fraction of sp³-hybridized carbons (Fsp3) is 0.889. The first-order valence-electron chi connectivity index (χ1n) is 4.83. The van der Waals surface area contributed by atoms with Crippen molar-refractivity contribution >= 4 is 5.97 Å². The lowest BCUT2D eigenvalue weighted by atomic mass is 10.2. The molecule has 0 spiro atoms. The third kappa shape index (κ3) is 2.97. The Morgan fingerprint density at radius 1 is 1.46 bits per heavy atom. The minimum Gasteiger partial charge on any atom is -0.480 e. The molecule has 1 atom stereocenters. The molecular formula is C9H17NO3. The summed E-state index contributed by atoms with van der Waals surface area (Å²) in [6, 6.07) is -0.279. The summed E-state index contributed by atoms with van der Waals surface area (Å²) >= 11 is 0. The number of aliphatic hydroxyl groups excluding tert-OH is 1. The van der Waals surface area contributed by atoms with Crippen molar-refractivity contribution in [1.82, 2.24) is 4.90 Å². The van der Waals surface area contributed by atoms with Crippen molar-refractivity contribution in [3.63, 3.8) is 0 Å². The zero-order chi connectivity index (χ0) is 9.68. The fourth-order valence-electron chi connectivity index (χ4n) is 1.80. The van der Waals surface area contributed by atoms with Gasteiger partial charge >= 0.3 is 5.97 Å². The number of unbranched alkanes of at least 4 members (excludes halogenated alkanes) is 1. The molecule has 1 saturated heterocycles. The van der Waals surface area contributed by atoms with E-state index in [0.29, 0.717) is 0 Å². The zero-order valence-corrected chi connectivity index (χ0v) is 7.78. The number of rotatable bonds is 5. The summed E-state index contributed by atoms with van der Waals surface area (Å²) in [4.78, 5) is 12.8. The molecule has 0 aromatic carbocycles. The third-order valence-electron chi connectivity index (χ3n) is 2.50. The number of hydrogen-bond donors (Lipinski definition) is 2. The highest BCUT2D eigenvalue weighted by Gasteiger charge is 2.29. The van der Waals surface area contributed by atoms with Crippen LogP contribution in [-0.4, -0.2) is 46.8 Å². The Hall–Kier alpha value is -0.610. The number of hydrogen-bond acceptors (Lipinski definition) is 3. The molecule has 0 saturated carbocycles. The topological polar surface area (TPSA) is 60.8 Å². The van der Waals surface area contributed by atoms with Gasteiger partial charge in [0.25, 0.3) is 0 Å². The molecule has 0 bridgehead atoms. The van der Waals surface area contributed by atoms with Gasteiger partial charge in [0.2, 0.25) is 0 Å². The molecule has 13 heavy (non-hydrogen) atoms. The summed E-state index contributed by atoms with van der Waals surface area (Å²) in [6.07, 6.45) is 3.41.